The highest BCUT2D eigenvalue weighted by Gasteiger charge is 1.99. The molecule has 0 aliphatic heterocycles. The van der Waals surface area contributed by atoms with E-state index < -0.39 is 0 Å². The SMILES string of the molecule is C=c1ccc(-c2ccc(C)c(C)c2)cc1=C. The summed E-state index contributed by atoms with van der Waals surface area (Å²) in [6.07, 6.45) is 0. The van der Waals surface area contributed by atoms with Gasteiger partial charge >= 0.3 is 0 Å². The first kappa shape index (κ1) is 10.7. The quantitative estimate of drug-likeness (QED) is 0.676. The number of benzene rings is 2. The standard InChI is InChI=1S/C16H16/c1-11-5-7-15(9-13(11)3)16-8-6-12(2)14(4)10-16/h5-10H,1,3H2,2,4H3. The van der Waals surface area contributed by atoms with Crippen LogP contribution in [0.2, 0.25) is 0 Å². The molecular formula is C16H16. The number of hydrogen-bond donors (Lipinski definition) is 0. The van der Waals surface area contributed by atoms with Crippen molar-refractivity contribution in [1.29, 1.82) is 0 Å². The zero-order chi connectivity index (χ0) is 11.7. The van der Waals surface area contributed by atoms with Gasteiger partial charge in [-0.2, -0.15) is 0 Å². The van der Waals surface area contributed by atoms with Crippen LogP contribution in [0.25, 0.3) is 24.3 Å². The van der Waals surface area contributed by atoms with E-state index in [9.17, 15) is 0 Å². The maximum atomic E-state index is 3.98. The van der Waals surface area contributed by atoms with Crippen molar-refractivity contribution in [3.8, 4) is 11.1 Å². The van der Waals surface area contributed by atoms with Crippen molar-refractivity contribution in [3.05, 3.63) is 58.0 Å². The van der Waals surface area contributed by atoms with Crippen molar-refractivity contribution in [1.82, 2.24) is 0 Å². The molecule has 0 amide bonds. The van der Waals surface area contributed by atoms with Crippen LogP contribution in [0.5, 0.6) is 0 Å². The molecule has 80 valence electrons. The highest BCUT2D eigenvalue weighted by atomic mass is 14.0. The van der Waals surface area contributed by atoms with E-state index in [1.54, 1.807) is 0 Å². The molecule has 0 radical (unpaired) electrons. The van der Waals surface area contributed by atoms with Gasteiger partial charge in [-0.1, -0.05) is 43.5 Å². The molecule has 2 rings (SSSR count). The predicted octanol–water partition coefficient (Wildman–Crippen LogP) is 2.79. The summed E-state index contributed by atoms with van der Waals surface area (Å²) < 4.78 is 0. The molecule has 0 fully saturated rings. The van der Waals surface area contributed by atoms with Crippen molar-refractivity contribution in [2.45, 2.75) is 13.8 Å². The van der Waals surface area contributed by atoms with Crippen molar-refractivity contribution in [2.75, 3.05) is 0 Å². The van der Waals surface area contributed by atoms with Crippen LogP contribution in [-0.4, -0.2) is 0 Å². The lowest BCUT2D eigenvalue weighted by atomic mass is 10.00. The molecular weight excluding hydrogens is 192 g/mol. The van der Waals surface area contributed by atoms with Gasteiger partial charge in [-0.05, 0) is 52.6 Å². The summed E-state index contributed by atoms with van der Waals surface area (Å²) in [4.78, 5) is 0. The summed E-state index contributed by atoms with van der Waals surface area (Å²) in [5, 5.41) is 1.99. The average molecular weight is 208 g/mol. The highest BCUT2D eigenvalue weighted by molar-refractivity contribution is 5.65. The Morgan fingerprint density at radius 3 is 1.94 bits per heavy atom. The van der Waals surface area contributed by atoms with Gasteiger partial charge in [0, 0.05) is 0 Å². The number of rotatable bonds is 1. The Balaban J connectivity index is 2.59. The fourth-order valence-electron chi connectivity index (χ4n) is 1.73. The molecule has 0 nitrogen and oxygen atoms in total. The van der Waals surface area contributed by atoms with Crippen molar-refractivity contribution < 1.29 is 0 Å². The smallest absolute Gasteiger partial charge is 0.0178 e. The van der Waals surface area contributed by atoms with Gasteiger partial charge in [0.05, 0.1) is 0 Å². The summed E-state index contributed by atoms with van der Waals surface area (Å²) in [6, 6.07) is 12.7. The molecule has 0 unspecified atom stereocenters. The summed E-state index contributed by atoms with van der Waals surface area (Å²) in [5.74, 6) is 0. The Morgan fingerprint density at radius 1 is 0.688 bits per heavy atom. The fraction of sp³-hybridized carbons (Fsp3) is 0.125. The maximum Gasteiger partial charge on any atom is -0.0178 e. The molecule has 0 aliphatic rings. The Labute approximate surface area is 96.6 Å². The summed E-state index contributed by atoms with van der Waals surface area (Å²) in [5.41, 5.74) is 5.10. The van der Waals surface area contributed by atoms with Gasteiger partial charge in [0.2, 0.25) is 0 Å². The Morgan fingerprint density at radius 2 is 1.31 bits per heavy atom. The molecule has 0 bridgehead atoms. The lowest BCUT2D eigenvalue weighted by molar-refractivity contribution is 1.34. The topological polar surface area (TPSA) is 0 Å². The maximum absolute atomic E-state index is 3.98. The van der Waals surface area contributed by atoms with Crippen LogP contribution in [0.3, 0.4) is 0 Å². The van der Waals surface area contributed by atoms with Gasteiger partial charge < -0.3 is 0 Å². The molecule has 0 saturated carbocycles. The number of aryl methyl sites for hydroxylation is 2. The molecule has 16 heavy (non-hydrogen) atoms. The minimum Gasteiger partial charge on any atom is -0.0912 e. The molecule has 0 spiro atoms. The minimum atomic E-state index is 0.993. The molecule has 0 heteroatoms. The largest absolute Gasteiger partial charge is 0.0912 e. The van der Waals surface area contributed by atoms with Crippen LogP contribution < -0.4 is 10.4 Å². The van der Waals surface area contributed by atoms with Crippen molar-refractivity contribution >= 4 is 13.2 Å². The van der Waals surface area contributed by atoms with Gasteiger partial charge in [0.25, 0.3) is 0 Å². The third-order valence-corrected chi connectivity index (χ3v) is 3.05. The van der Waals surface area contributed by atoms with Gasteiger partial charge in [0.15, 0.2) is 0 Å². The van der Waals surface area contributed by atoms with E-state index >= 15 is 0 Å². The van der Waals surface area contributed by atoms with Crippen molar-refractivity contribution in [3.63, 3.8) is 0 Å². The van der Waals surface area contributed by atoms with E-state index in [0.717, 1.165) is 10.4 Å². The molecule has 0 atom stereocenters. The predicted molar refractivity (Wildman–Crippen MR) is 71.6 cm³/mol. The summed E-state index contributed by atoms with van der Waals surface area (Å²) in [7, 11) is 0. The molecule has 0 aromatic heterocycles. The first-order valence-corrected chi connectivity index (χ1v) is 5.43. The van der Waals surface area contributed by atoms with E-state index in [4.69, 9.17) is 0 Å². The van der Waals surface area contributed by atoms with Crippen LogP contribution in [0, 0.1) is 13.8 Å². The van der Waals surface area contributed by atoms with Crippen LogP contribution >= 0.6 is 0 Å². The first-order valence-electron chi connectivity index (χ1n) is 5.43. The van der Waals surface area contributed by atoms with E-state index in [1.807, 2.05) is 6.07 Å². The van der Waals surface area contributed by atoms with Gasteiger partial charge in [-0.15, -0.1) is 0 Å². The van der Waals surface area contributed by atoms with Crippen LogP contribution in [-0.2, 0) is 0 Å². The lowest BCUT2D eigenvalue weighted by Crippen LogP contribution is -2.20. The number of hydrogen-bond acceptors (Lipinski definition) is 0. The molecule has 2 aromatic carbocycles. The monoisotopic (exact) mass is 208 g/mol. The fourth-order valence-corrected chi connectivity index (χ4v) is 1.73. The highest BCUT2D eigenvalue weighted by Crippen LogP contribution is 2.20. The van der Waals surface area contributed by atoms with Gasteiger partial charge in [-0.3, -0.25) is 0 Å². The molecule has 0 heterocycles. The van der Waals surface area contributed by atoms with E-state index in [0.29, 0.717) is 0 Å². The Kier molecular flexibility index (Phi) is 2.66. The Hall–Kier alpha value is -1.82. The van der Waals surface area contributed by atoms with Crippen LogP contribution in [0.15, 0.2) is 36.4 Å². The zero-order valence-electron chi connectivity index (χ0n) is 9.88. The normalized spacial score (nSPS) is 10.4. The van der Waals surface area contributed by atoms with Gasteiger partial charge in [0.1, 0.15) is 0 Å². The zero-order valence-corrected chi connectivity index (χ0v) is 9.88. The molecule has 0 aliphatic carbocycles. The minimum absolute atomic E-state index is 0.993. The van der Waals surface area contributed by atoms with E-state index in [1.165, 1.54) is 22.3 Å². The second-order valence-corrected chi connectivity index (χ2v) is 4.28. The summed E-state index contributed by atoms with van der Waals surface area (Å²) in [6.45, 7) is 12.2. The van der Waals surface area contributed by atoms with Gasteiger partial charge in [-0.25, -0.2) is 0 Å². The lowest BCUT2D eigenvalue weighted by Gasteiger charge is -2.05. The second kappa shape index (κ2) is 3.97. The van der Waals surface area contributed by atoms with E-state index in [2.05, 4.69) is 57.3 Å². The molecule has 0 saturated heterocycles. The van der Waals surface area contributed by atoms with Crippen LogP contribution in [0.4, 0.5) is 0 Å². The second-order valence-electron chi connectivity index (χ2n) is 4.28. The van der Waals surface area contributed by atoms with Crippen molar-refractivity contribution in [2.24, 2.45) is 0 Å². The third-order valence-electron chi connectivity index (χ3n) is 3.05. The summed E-state index contributed by atoms with van der Waals surface area (Å²) >= 11 is 0. The van der Waals surface area contributed by atoms with E-state index in [-0.39, 0.29) is 0 Å². The van der Waals surface area contributed by atoms with Crippen LogP contribution in [0.1, 0.15) is 11.1 Å². The average Bonchev–Trinajstić information content (AvgIpc) is 2.26. The first-order chi connectivity index (χ1) is 7.58. The Bertz CT molecular complexity index is 621. The molecule has 2 aromatic rings. The molecule has 0 N–H and O–H groups in total. The third kappa shape index (κ3) is 1.92.